The fourth-order valence-electron chi connectivity index (χ4n) is 4.22. The van der Waals surface area contributed by atoms with E-state index in [-0.39, 0.29) is 44.6 Å². The van der Waals surface area contributed by atoms with Crippen molar-refractivity contribution in [2.24, 2.45) is 23.2 Å². The molecule has 0 N–H and O–H groups in total. The number of carbonyl (C=O) groups excluding carboxylic acids is 2. The molecule has 1 aliphatic heterocycles. The van der Waals surface area contributed by atoms with Gasteiger partial charge in [0.1, 0.15) is 0 Å². The number of halogens is 3. The SMILES string of the molecule is C[C@@]12C(=O)N(c3cc(Cl)c(Cl)c(Cl)c3)C(=O)[C@H]1[C@@H]1C=C[C@H]2C1. The minimum atomic E-state index is -0.658. The van der Waals surface area contributed by atoms with E-state index in [0.717, 1.165) is 6.42 Å². The summed E-state index contributed by atoms with van der Waals surface area (Å²) in [5.74, 6) is -0.354. The molecule has 3 aliphatic rings. The third-order valence-corrected chi connectivity index (χ3v) is 6.54. The number of nitrogens with zero attached hydrogens (tertiary/aromatic N) is 1. The summed E-state index contributed by atoms with van der Waals surface area (Å²) in [5, 5.41) is 0.681. The van der Waals surface area contributed by atoms with Crippen LogP contribution in [0, 0.1) is 23.2 Å². The van der Waals surface area contributed by atoms with Gasteiger partial charge >= 0.3 is 0 Å². The Hall–Kier alpha value is -1.03. The molecule has 0 radical (unpaired) electrons. The third kappa shape index (κ3) is 1.60. The summed E-state index contributed by atoms with van der Waals surface area (Å²) in [6.45, 7) is 1.89. The average Bonchev–Trinajstić information content (AvgIpc) is 3.09. The van der Waals surface area contributed by atoms with Crippen molar-refractivity contribution in [3.63, 3.8) is 0 Å². The Kier molecular flexibility index (Phi) is 2.98. The Morgan fingerprint density at radius 3 is 2.36 bits per heavy atom. The number of benzene rings is 1. The summed E-state index contributed by atoms with van der Waals surface area (Å²) >= 11 is 18.0. The molecule has 4 atom stereocenters. The van der Waals surface area contributed by atoms with Gasteiger partial charge in [0.15, 0.2) is 0 Å². The quantitative estimate of drug-likeness (QED) is 0.426. The van der Waals surface area contributed by atoms with E-state index in [9.17, 15) is 9.59 Å². The number of fused-ring (bicyclic) bond motifs is 5. The fourth-order valence-corrected chi connectivity index (χ4v) is 4.81. The Balaban J connectivity index is 1.83. The zero-order chi connectivity index (χ0) is 15.8. The Morgan fingerprint density at radius 1 is 1.14 bits per heavy atom. The second kappa shape index (κ2) is 4.50. The number of allylic oxidation sites excluding steroid dienone is 2. The molecule has 2 aliphatic carbocycles. The zero-order valence-electron chi connectivity index (χ0n) is 11.6. The summed E-state index contributed by atoms with van der Waals surface area (Å²) in [5.41, 5.74) is -0.265. The van der Waals surface area contributed by atoms with E-state index in [1.165, 1.54) is 17.0 Å². The lowest BCUT2D eigenvalue weighted by Gasteiger charge is -2.28. The Labute approximate surface area is 142 Å². The van der Waals surface area contributed by atoms with E-state index in [2.05, 4.69) is 12.2 Å². The van der Waals surface area contributed by atoms with Crippen LogP contribution in [0.5, 0.6) is 0 Å². The van der Waals surface area contributed by atoms with Crippen LogP contribution >= 0.6 is 34.8 Å². The van der Waals surface area contributed by atoms with Gasteiger partial charge < -0.3 is 0 Å². The van der Waals surface area contributed by atoms with Gasteiger partial charge in [-0.1, -0.05) is 47.0 Å². The number of carbonyl (C=O) groups is 2. The maximum Gasteiger partial charge on any atom is 0.241 e. The van der Waals surface area contributed by atoms with E-state index >= 15 is 0 Å². The van der Waals surface area contributed by atoms with Crippen LogP contribution in [-0.2, 0) is 9.59 Å². The lowest BCUT2D eigenvalue weighted by atomic mass is 9.71. The molecule has 0 spiro atoms. The van der Waals surface area contributed by atoms with Crippen molar-refractivity contribution in [2.45, 2.75) is 13.3 Å². The number of amides is 2. The van der Waals surface area contributed by atoms with Crippen LogP contribution in [0.15, 0.2) is 24.3 Å². The molecule has 6 heteroatoms. The van der Waals surface area contributed by atoms with Gasteiger partial charge in [0.05, 0.1) is 32.1 Å². The number of rotatable bonds is 1. The van der Waals surface area contributed by atoms with Crippen LogP contribution in [0.4, 0.5) is 5.69 Å². The second-order valence-electron chi connectivity index (χ2n) is 6.35. The lowest BCUT2D eigenvalue weighted by Crippen LogP contribution is -2.37. The summed E-state index contributed by atoms with van der Waals surface area (Å²) in [7, 11) is 0. The van der Waals surface area contributed by atoms with E-state index in [1.54, 1.807) is 0 Å². The summed E-state index contributed by atoms with van der Waals surface area (Å²) < 4.78 is 0. The van der Waals surface area contributed by atoms with Crippen LogP contribution in [0.1, 0.15) is 13.3 Å². The maximum atomic E-state index is 13.0. The summed E-state index contributed by atoms with van der Waals surface area (Å²) in [6, 6.07) is 3.04. The second-order valence-corrected chi connectivity index (χ2v) is 7.55. The van der Waals surface area contributed by atoms with Gasteiger partial charge in [-0.15, -0.1) is 0 Å². The summed E-state index contributed by atoms with van der Waals surface area (Å²) in [6.07, 6.45) is 5.01. The molecule has 1 saturated heterocycles. The first kappa shape index (κ1) is 14.6. The standard InChI is InChI=1S/C16H12Cl3NO2/c1-16-8-3-2-7(4-8)12(16)14(21)20(15(16)22)9-5-10(17)13(19)11(18)6-9/h2-3,5-8,12H,4H2,1H3/t7-,8+,12-,16+/m1/s1. The van der Waals surface area contributed by atoms with Crippen LogP contribution in [-0.4, -0.2) is 11.8 Å². The van der Waals surface area contributed by atoms with Crippen molar-refractivity contribution >= 4 is 52.3 Å². The number of hydrogen-bond donors (Lipinski definition) is 0. The molecule has 3 nitrogen and oxygen atoms in total. The molecule has 1 aromatic rings. The number of hydrogen-bond acceptors (Lipinski definition) is 2. The minimum Gasteiger partial charge on any atom is -0.274 e. The molecule has 22 heavy (non-hydrogen) atoms. The first-order valence-electron chi connectivity index (χ1n) is 7.07. The van der Waals surface area contributed by atoms with Crippen LogP contribution in [0.2, 0.25) is 15.1 Å². The van der Waals surface area contributed by atoms with Crippen molar-refractivity contribution in [3.8, 4) is 0 Å². The van der Waals surface area contributed by atoms with E-state index in [0.29, 0.717) is 5.69 Å². The Bertz CT molecular complexity index is 737. The lowest BCUT2D eigenvalue weighted by molar-refractivity contribution is -0.127. The normalized spacial score (nSPS) is 35.6. The molecule has 0 aromatic heterocycles. The molecule has 2 bridgehead atoms. The first-order valence-corrected chi connectivity index (χ1v) is 8.20. The predicted molar refractivity (Wildman–Crippen MR) is 86.3 cm³/mol. The molecule has 114 valence electrons. The van der Waals surface area contributed by atoms with Crippen molar-refractivity contribution in [2.75, 3.05) is 4.90 Å². The van der Waals surface area contributed by atoms with Gasteiger partial charge in [-0.25, -0.2) is 4.90 Å². The third-order valence-electron chi connectivity index (χ3n) is 5.34. The fraction of sp³-hybridized carbons (Fsp3) is 0.375. The van der Waals surface area contributed by atoms with Crippen molar-refractivity contribution in [3.05, 3.63) is 39.4 Å². The monoisotopic (exact) mass is 355 g/mol. The van der Waals surface area contributed by atoms with Gasteiger partial charge in [0.25, 0.3) is 0 Å². The maximum absolute atomic E-state index is 13.0. The molecule has 0 unspecified atom stereocenters. The zero-order valence-corrected chi connectivity index (χ0v) is 13.9. The number of anilines is 1. The largest absolute Gasteiger partial charge is 0.274 e. The first-order chi connectivity index (χ1) is 10.4. The molecule has 1 saturated carbocycles. The van der Waals surface area contributed by atoms with Crippen LogP contribution in [0.3, 0.4) is 0 Å². The molecule has 1 aromatic carbocycles. The van der Waals surface area contributed by atoms with E-state index in [4.69, 9.17) is 34.8 Å². The van der Waals surface area contributed by atoms with Gasteiger partial charge in [0.2, 0.25) is 11.8 Å². The van der Waals surface area contributed by atoms with Crippen LogP contribution < -0.4 is 4.90 Å². The molecule has 2 amide bonds. The molecule has 1 heterocycles. The topological polar surface area (TPSA) is 37.4 Å². The highest BCUT2D eigenvalue weighted by Gasteiger charge is 2.67. The van der Waals surface area contributed by atoms with Crippen LogP contribution in [0.25, 0.3) is 0 Å². The Morgan fingerprint density at radius 2 is 1.77 bits per heavy atom. The highest BCUT2D eigenvalue weighted by atomic mass is 35.5. The predicted octanol–water partition coefficient (Wildman–Crippen LogP) is 4.35. The highest BCUT2D eigenvalue weighted by Crippen LogP contribution is 2.61. The number of imide groups is 1. The van der Waals surface area contributed by atoms with Gasteiger partial charge in [-0.3, -0.25) is 9.59 Å². The summed E-state index contributed by atoms with van der Waals surface area (Å²) in [4.78, 5) is 27.0. The molecule has 2 fully saturated rings. The van der Waals surface area contributed by atoms with Crippen molar-refractivity contribution in [1.29, 1.82) is 0 Å². The van der Waals surface area contributed by atoms with Gasteiger partial charge in [-0.05, 0) is 37.3 Å². The van der Waals surface area contributed by atoms with Crippen molar-refractivity contribution in [1.82, 2.24) is 0 Å². The highest BCUT2D eigenvalue weighted by molar-refractivity contribution is 6.48. The molecular formula is C16H12Cl3NO2. The average molecular weight is 357 g/mol. The molecule has 4 rings (SSSR count). The van der Waals surface area contributed by atoms with E-state index in [1.807, 2.05) is 6.92 Å². The van der Waals surface area contributed by atoms with E-state index < -0.39 is 5.41 Å². The van der Waals surface area contributed by atoms with Gasteiger partial charge in [0, 0.05) is 0 Å². The van der Waals surface area contributed by atoms with Gasteiger partial charge in [-0.2, -0.15) is 0 Å². The molecular weight excluding hydrogens is 345 g/mol. The minimum absolute atomic E-state index is 0.127. The van der Waals surface area contributed by atoms with Crippen molar-refractivity contribution < 1.29 is 9.59 Å². The smallest absolute Gasteiger partial charge is 0.241 e.